The molecular formula is C22H30N2O4S. The Morgan fingerprint density at radius 2 is 1.72 bits per heavy atom. The molecule has 3 heterocycles. The van der Waals surface area contributed by atoms with E-state index in [0.717, 1.165) is 57.1 Å². The van der Waals surface area contributed by atoms with E-state index >= 15 is 0 Å². The average molecular weight is 419 g/mol. The van der Waals surface area contributed by atoms with E-state index < -0.39 is 10.0 Å². The Hall–Kier alpha value is -1.86. The highest BCUT2D eigenvalue weighted by Gasteiger charge is 2.30. The van der Waals surface area contributed by atoms with Crippen LogP contribution in [0.5, 0.6) is 0 Å². The van der Waals surface area contributed by atoms with E-state index in [-0.39, 0.29) is 16.8 Å². The van der Waals surface area contributed by atoms with Crippen molar-refractivity contribution in [3.63, 3.8) is 0 Å². The van der Waals surface area contributed by atoms with Crippen molar-refractivity contribution in [2.75, 3.05) is 19.6 Å². The molecular weight excluding hydrogens is 388 g/mol. The Labute approximate surface area is 172 Å². The minimum Gasteiger partial charge on any atom is -0.451 e. The molecule has 2 fully saturated rings. The average Bonchev–Trinajstić information content (AvgIpc) is 2.89. The van der Waals surface area contributed by atoms with E-state index in [9.17, 15) is 13.2 Å². The van der Waals surface area contributed by atoms with Gasteiger partial charge in [-0.25, -0.2) is 8.42 Å². The van der Waals surface area contributed by atoms with Crippen LogP contribution >= 0.6 is 0 Å². The summed E-state index contributed by atoms with van der Waals surface area (Å²) >= 11 is 0. The van der Waals surface area contributed by atoms with Crippen LogP contribution < -0.4 is 0 Å². The molecule has 0 N–H and O–H groups in total. The lowest BCUT2D eigenvalue weighted by Gasteiger charge is -2.32. The molecule has 1 amide bonds. The van der Waals surface area contributed by atoms with Gasteiger partial charge in [-0.15, -0.1) is 0 Å². The van der Waals surface area contributed by atoms with Crippen molar-refractivity contribution in [3.05, 3.63) is 29.5 Å². The number of carbonyl (C=O) groups is 1. The van der Waals surface area contributed by atoms with Gasteiger partial charge in [-0.1, -0.05) is 12.8 Å². The maximum atomic E-state index is 13.1. The van der Waals surface area contributed by atoms with E-state index in [1.54, 1.807) is 22.5 Å². The van der Waals surface area contributed by atoms with Gasteiger partial charge in [0.2, 0.25) is 10.0 Å². The molecule has 6 nitrogen and oxygen atoms in total. The predicted molar refractivity (Wildman–Crippen MR) is 113 cm³/mol. The standard InChI is InChI=1S/C22H30N2O4S/c1-16-9-5-8-14-24(16)22(25)21-17(2)19-15-18(10-11-20(19)28-21)29(26,27)23-12-6-3-4-7-13-23/h10-11,15-16H,3-9,12-14H2,1-2H3. The van der Waals surface area contributed by atoms with Crippen LogP contribution in [-0.4, -0.2) is 49.2 Å². The zero-order valence-corrected chi connectivity index (χ0v) is 18.1. The summed E-state index contributed by atoms with van der Waals surface area (Å²) in [5.41, 5.74) is 1.28. The fraction of sp³-hybridized carbons (Fsp3) is 0.591. The Balaban J connectivity index is 1.68. The molecule has 2 aliphatic heterocycles. The van der Waals surface area contributed by atoms with Crippen molar-refractivity contribution in [1.82, 2.24) is 9.21 Å². The second-order valence-corrected chi connectivity index (χ2v) is 10.3. The number of piperidine rings is 1. The van der Waals surface area contributed by atoms with Crippen molar-refractivity contribution >= 4 is 26.9 Å². The largest absolute Gasteiger partial charge is 0.451 e. The second kappa shape index (κ2) is 8.11. The third kappa shape index (κ3) is 3.82. The maximum Gasteiger partial charge on any atom is 0.290 e. The molecule has 158 valence electrons. The third-order valence-electron chi connectivity index (χ3n) is 6.37. The SMILES string of the molecule is Cc1c(C(=O)N2CCCCC2C)oc2ccc(S(=O)(=O)N3CCCCCC3)cc12. The number of rotatable bonds is 3. The van der Waals surface area contributed by atoms with Gasteiger partial charge in [-0.2, -0.15) is 4.31 Å². The third-order valence-corrected chi connectivity index (χ3v) is 8.26. The van der Waals surface area contributed by atoms with Gasteiger partial charge >= 0.3 is 0 Å². The summed E-state index contributed by atoms with van der Waals surface area (Å²) in [5.74, 6) is 0.237. The minimum atomic E-state index is -3.54. The lowest BCUT2D eigenvalue weighted by atomic mass is 10.0. The molecule has 0 saturated carbocycles. The summed E-state index contributed by atoms with van der Waals surface area (Å²) in [7, 11) is -3.54. The summed E-state index contributed by atoms with van der Waals surface area (Å²) in [6, 6.07) is 5.15. The van der Waals surface area contributed by atoms with Gasteiger partial charge in [0, 0.05) is 36.6 Å². The van der Waals surface area contributed by atoms with Crippen molar-refractivity contribution in [2.45, 2.75) is 69.7 Å². The van der Waals surface area contributed by atoms with Crippen LogP contribution in [0, 0.1) is 6.92 Å². The number of furan rings is 1. The van der Waals surface area contributed by atoms with Gasteiger partial charge < -0.3 is 9.32 Å². The number of nitrogens with zero attached hydrogens (tertiary/aromatic N) is 2. The van der Waals surface area contributed by atoms with Crippen LogP contribution in [0.25, 0.3) is 11.0 Å². The highest BCUT2D eigenvalue weighted by Crippen LogP contribution is 2.31. The number of hydrogen-bond acceptors (Lipinski definition) is 4. The van der Waals surface area contributed by atoms with Gasteiger partial charge in [0.05, 0.1) is 4.90 Å². The van der Waals surface area contributed by atoms with Crippen molar-refractivity contribution < 1.29 is 17.6 Å². The number of aryl methyl sites for hydroxylation is 1. The number of benzene rings is 1. The van der Waals surface area contributed by atoms with E-state index in [1.807, 2.05) is 11.8 Å². The fourth-order valence-electron chi connectivity index (χ4n) is 4.53. The van der Waals surface area contributed by atoms with Crippen LogP contribution in [-0.2, 0) is 10.0 Å². The molecule has 0 aliphatic carbocycles. The molecule has 2 saturated heterocycles. The first kappa shape index (κ1) is 20.4. The Morgan fingerprint density at radius 3 is 2.41 bits per heavy atom. The molecule has 2 aliphatic rings. The van der Waals surface area contributed by atoms with Gasteiger partial charge in [-0.05, 0) is 64.2 Å². The van der Waals surface area contributed by atoms with Crippen LogP contribution in [0.2, 0.25) is 0 Å². The topological polar surface area (TPSA) is 70.8 Å². The number of amides is 1. The molecule has 2 aromatic rings. The second-order valence-electron chi connectivity index (χ2n) is 8.38. The molecule has 1 aromatic heterocycles. The van der Waals surface area contributed by atoms with Gasteiger partial charge in [-0.3, -0.25) is 4.79 Å². The van der Waals surface area contributed by atoms with E-state index in [4.69, 9.17) is 4.42 Å². The Bertz CT molecular complexity index is 1000. The molecule has 7 heteroatoms. The monoisotopic (exact) mass is 418 g/mol. The maximum absolute atomic E-state index is 13.1. The summed E-state index contributed by atoms with van der Waals surface area (Å²) in [4.78, 5) is 15.2. The summed E-state index contributed by atoms with van der Waals surface area (Å²) in [6.07, 6.45) is 7.11. The molecule has 0 bridgehead atoms. The molecule has 1 atom stereocenters. The highest BCUT2D eigenvalue weighted by atomic mass is 32.2. The smallest absolute Gasteiger partial charge is 0.290 e. The Morgan fingerprint density at radius 1 is 1.03 bits per heavy atom. The van der Waals surface area contributed by atoms with Crippen LogP contribution in [0.3, 0.4) is 0 Å². The van der Waals surface area contributed by atoms with Crippen LogP contribution in [0.15, 0.2) is 27.5 Å². The first-order chi connectivity index (χ1) is 13.9. The summed E-state index contributed by atoms with van der Waals surface area (Å²) in [5, 5.41) is 0.703. The van der Waals surface area contributed by atoms with Gasteiger partial charge in [0.1, 0.15) is 5.58 Å². The predicted octanol–water partition coefficient (Wildman–Crippen LogP) is 4.32. The quantitative estimate of drug-likeness (QED) is 0.744. The summed E-state index contributed by atoms with van der Waals surface area (Å²) < 4.78 is 33.8. The first-order valence-electron chi connectivity index (χ1n) is 10.7. The van der Waals surface area contributed by atoms with Gasteiger partial charge in [0.25, 0.3) is 5.91 Å². The molecule has 4 rings (SSSR count). The van der Waals surface area contributed by atoms with Crippen LogP contribution in [0.4, 0.5) is 0 Å². The molecule has 29 heavy (non-hydrogen) atoms. The van der Waals surface area contributed by atoms with Crippen LogP contribution in [0.1, 0.15) is 68.0 Å². The van der Waals surface area contributed by atoms with E-state index in [1.165, 1.54) is 0 Å². The number of carbonyl (C=O) groups excluding carboxylic acids is 1. The lowest BCUT2D eigenvalue weighted by molar-refractivity contribution is 0.0604. The zero-order chi connectivity index (χ0) is 20.6. The molecule has 0 radical (unpaired) electrons. The minimum absolute atomic E-state index is 0.0946. The summed E-state index contributed by atoms with van der Waals surface area (Å²) in [6.45, 7) is 5.80. The Kier molecular flexibility index (Phi) is 5.71. The lowest BCUT2D eigenvalue weighted by Crippen LogP contribution is -2.42. The fourth-order valence-corrected chi connectivity index (χ4v) is 6.07. The first-order valence-corrected chi connectivity index (χ1v) is 12.2. The highest BCUT2D eigenvalue weighted by molar-refractivity contribution is 7.89. The molecule has 0 spiro atoms. The molecule has 1 unspecified atom stereocenters. The van der Waals surface area contributed by atoms with E-state index in [0.29, 0.717) is 29.8 Å². The number of hydrogen-bond donors (Lipinski definition) is 0. The normalized spacial score (nSPS) is 22.0. The van der Waals surface area contributed by atoms with Gasteiger partial charge in [0.15, 0.2) is 5.76 Å². The van der Waals surface area contributed by atoms with Crippen molar-refractivity contribution in [1.29, 1.82) is 0 Å². The number of fused-ring (bicyclic) bond motifs is 1. The van der Waals surface area contributed by atoms with Crippen molar-refractivity contribution in [2.24, 2.45) is 0 Å². The number of likely N-dealkylation sites (tertiary alicyclic amines) is 1. The van der Waals surface area contributed by atoms with Crippen molar-refractivity contribution in [3.8, 4) is 0 Å². The molecule has 1 aromatic carbocycles. The van der Waals surface area contributed by atoms with E-state index in [2.05, 4.69) is 6.92 Å². The zero-order valence-electron chi connectivity index (χ0n) is 17.3. The number of sulfonamides is 1.